The molecule has 138 valence electrons. The summed E-state index contributed by atoms with van der Waals surface area (Å²) in [7, 11) is -1.18. The van der Waals surface area contributed by atoms with Crippen molar-refractivity contribution in [2.45, 2.75) is 25.8 Å². The minimum atomic E-state index is -2.90. The molecule has 0 atom stereocenters. The van der Waals surface area contributed by atoms with Crippen molar-refractivity contribution in [3.05, 3.63) is 0 Å². The predicted octanol–water partition coefficient (Wildman–Crippen LogP) is 0.315. The second kappa shape index (κ2) is 10.7. The number of rotatable bonds is 7. The Balaban J connectivity index is 0.00000484. The molecule has 0 aromatic heterocycles. The maximum Gasteiger partial charge on any atom is 0.191 e. The molecule has 0 aliphatic carbocycles. The molecule has 9 heteroatoms. The van der Waals surface area contributed by atoms with Crippen LogP contribution in [-0.4, -0.2) is 83.3 Å². The molecule has 1 aliphatic heterocycles. The Labute approximate surface area is 157 Å². The largest absolute Gasteiger partial charge is 0.379 e. The molecular weight excluding hydrogens is 431 g/mol. The quantitative estimate of drug-likeness (QED) is 0.246. The topological polar surface area (TPSA) is 83.0 Å². The van der Waals surface area contributed by atoms with Crippen LogP contribution >= 0.6 is 24.0 Å². The Morgan fingerprint density at radius 2 is 1.87 bits per heavy atom. The van der Waals surface area contributed by atoms with Crippen molar-refractivity contribution in [2.24, 2.45) is 4.99 Å². The fraction of sp³-hybridized carbons (Fsp3) is 0.929. The highest BCUT2D eigenvalue weighted by Crippen LogP contribution is 2.14. The highest BCUT2D eigenvalue weighted by molar-refractivity contribution is 14.0. The van der Waals surface area contributed by atoms with E-state index in [1.165, 1.54) is 6.26 Å². The first-order chi connectivity index (χ1) is 10.2. The van der Waals surface area contributed by atoms with Crippen LogP contribution < -0.4 is 10.6 Å². The van der Waals surface area contributed by atoms with Gasteiger partial charge in [0.05, 0.1) is 19.0 Å². The Morgan fingerprint density at radius 1 is 1.26 bits per heavy atom. The average Bonchev–Trinajstić information content (AvgIpc) is 2.46. The number of nitrogens with zero attached hydrogens (tertiary/aromatic N) is 2. The van der Waals surface area contributed by atoms with Crippen molar-refractivity contribution < 1.29 is 13.2 Å². The third-order valence-corrected chi connectivity index (χ3v) is 4.79. The zero-order chi connectivity index (χ0) is 16.6. The highest BCUT2D eigenvalue weighted by Gasteiger charge is 2.28. The molecule has 0 bridgehead atoms. The minimum absolute atomic E-state index is 0. The third-order valence-electron chi connectivity index (χ3n) is 3.76. The normalized spacial score (nSPS) is 17.5. The van der Waals surface area contributed by atoms with E-state index in [-0.39, 0.29) is 35.3 Å². The summed E-state index contributed by atoms with van der Waals surface area (Å²) in [4.78, 5) is 6.58. The molecule has 7 nitrogen and oxygen atoms in total. The third kappa shape index (κ3) is 9.68. The van der Waals surface area contributed by atoms with Crippen LogP contribution in [0.15, 0.2) is 4.99 Å². The van der Waals surface area contributed by atoms with Gasteiger partial charge in [-0.25, -0.2) is 8.42 Å². The number of guanidine groups is 1. The smallest absolute Gasteiger partial charge is 0.191 e. The van der Waals surface area contributed by atoms with Crippen molar-refractivity contribution in [3.63, 3.8) is 0 Å². The summed E-state index contributed by atoms with van der Waals surface area (Å²) in [5.41, 5.74) is 0.00809. The summed E-state index contributed by atoms with van der Waals surface area (Å²) in [6, 6.07) is 0. The first kappa shape index (κ1) is 22.9. The molecule has 0 aromatic carbocycles. The second-order valence-corrected chi connectivity index (χ2v) is 8.51. The lowest BCUT2D eigenvalue weighted by atomic mass is 10.0. The van der Waals surface area contributed by atoms with E-state index in [1.807, 2.05) is 0 Å². The van der Waals surface area contributed by atoms with Crippen molar-refractivity contribution in [3.8, 4) is 0 Å². The van der Waals surface area contributed by atoms with Gasteiger partial charge in [-0.1, -0.05) is 0 Å². The van der Waals surface area contributed by atoms with Crippen LogP contribution in [0.25, 0.3) is 0 Å². The Morgan fingerprint density at radius 3 is 2.39 bits per heavy atom. The molecule has 0 aromatic rings. The Kier molecular flexibility index (Phi) is 10.6. The molecule has 1 aliphatic rings. The standard InChI is InChI=1S/C14H30N4O3S.HI/c1-14(2,18-7-9-21-10-8-18)12-17-13(15-3)16-6-5-11-22(4,19)20;/h5-12H2,1-4H3,(H2,15,16,17);1H. The number of morpholine rings is 1. The van der Waals surface area contributed by atoms with Gasteiger partial charge in [-0.2, -0.15) is 0 Å². The Hall–Kier alpha value is -0.130. The molecule has 23 heavy (non-hydrogen) atoms. The van der Waals surface area contributed by atoms with Gasteiger partial charge in [-0.15, -0.1) is 24.0 Å². The number of hydrogen-bond acceptors (Lipinski definition) is 5. The van der Waals surface area contributed by atoms with Crippen molar-refractivity contribution in [2.75, 3.05) is 58.4 Å². The highest BCUT2D eigenvalue weighted by atomic mass is 127. The molecular formula is C14H31IN4O3S. The van der Waals surface area contributed by atoms with Gasteiger partial charge in [0.1, 0.15) is 9.84 Å². The maximum atomic E-state index is 11.1. The van der Waals surface area contributed by atoms with E-state index in [0.717, 1.165) is 32.8 Å². The average molecular weight is 462 g/mol. The molecule has 1 saturated heterocycles. The molecule has 0 unspecified atom stereocenters. The lowest BCUT2D eigenvalue weighted by molar-refractivity contribution is -0.00833. The summed E-state index contributed by atoms with van der Waals surface area (Å²) in [5, 5.41) is 6.46. The number of aliphatic imine (C=N–C) groups is 1. The minimum Gasteiger partial charge on any atom is -0.379 e. The zero-order valence-electron chi connectivity index (χ0n) is 14.6. The number of halogens is 1. The summed E-state index contributed by atoms with van der Waals surface area (Å²) >= 11 is 0. The number of ether oxygens (including phenoxy) is 1. The zero-order valence-corrected chi connectivity index (χ0v) is 17.7. The van der Waals surface area contributed by atoms with Crippen LogP contribution in [-0.2, 0) is 14.6 Å². The second-order valence-electron chi connectivity index (χ2n) is 6.25. The van der Waals surface area contributed by atoms with E-state index in [9.17, 15) is 8.42 Å². The SMILES string of the molecule is CN=C(NCCCS(C)(=O)=O)NCC(C)(C)N1CCOCC1.I. The van der Waals surface area contributed by atoms with Crippen LogP contribution in [0, 0.1) is 0 Å². The molecule has 2 N–H and O–H groups in total. The summed E-state index contributed by atoms with van der Waals surface area (Å²) in [6.45, 7) is 9.18. The fourth-order valence-corrected chi connectivity index (χ4v) is 3.01. The van der Waals surface area contributed by atoms with Gasteiger partial charge in [0.25, 0.3) is 0 Å². The van der Waals surface area contributed by atoms with E-state index in [4.69, 9.17) is 4.74 Å². The lowest BCUT2D eigenvalue weighted by Crippen LogP contribution is -2.56. The van der Waals surface area contributed by atoms with Crippen LogP contribution in [0.5, 0.6) is 0 Å². The van der Waals surface area contributed by atoms with Gasteiger partial charge in [0.2, 0.25) is 0 Å². The van der Waals surface area contributed by atoms with E-state index in [2.05, 4.69) is 34.4 Å². The monoisotopic (exact) mass is 462 g/mol. The van der Waals surface area contributed by atoms with Crippen LogP contribution in [0.3, 0.4) is 0 Å². The van der Waals surface area contributed by atoms with Gasteiger partial charge < -0.3 is 15.4 Å². The van der Waals surface area contributed by atoms with Gasteiger partial charge in [0, 0.05) is 45.0 Å². The molecule has 0 spiro atoms. The van der Waals surface area contributed by atoms with Crippen molar-refractivity contribution >= 4 is 39.8 Å². The van der Waals surface area contributed by atoms with Crippen molar-refractivity contribution in [1.29, 1.82) is 0 Å². The molecule has 1 heterocycles. The van der Waals surface area contributed by atoms with Gasteiger partial charge in [-0.05, 0) is 20.3 Å². The molecule has 1 fully saturated rings. The summed E-state index contributed by atoms with van der Waals surface area (Å²) in [6.07, 6.45) is 1.83. The number of sulfone groups is 1. The lowest BCUT2D eigenvalue weighted by Gasteiger charge is -2.41. The first-order valence-electron chi connectivity index (χ1n) is 7.70. The van der Waals surface area contributed by atoms with Gasteiger partial charge in [0.15, 0.2) is 5.96 Å². The molecule has 0 radical (unpaired) electrons. The fourth-order valence-electron chi connectivity index (χ4n) is 2.34. The maximum absolute atomic E-state index is 11.1. The van der Waals surface area contributed by atoms with Gasteiger partial charge >= 0.3 is 0 Å². The van der Waals surface area contributed by atoms with E-state index >= 15 is 0 Å². The number of hydrogen-bond donors (Lipinski definition) is 2. The van der Waals surface area contributed by atoms with Crippen molar-refractivity contribution in [1.82, 2.24) is 15.5 Å². The number of nitrogens with one attached hydrogen (secondary N) is 2. The van der Waals surface area contributed by atoms with Gasteiger partial charge in [-0.3, -0.25) is 9.89 Å². The van der Waals surface area contributed by atoms with Crippen LogP contribution in [0.1, 0.15) is 20.3 Å². The van der Waals surface area contributed by atoms with Crippen LogP contribution in [0.2, 0.25) is 0 Å². The summed E-state index contributed by atoms with van der Waals surface area (Å²) in [5.74, 6) is 0.894. The molecule has 0 saturated carbocycles. The first-order valence-corrected chi connectivity index (χ1v) is 9.76. The van der Waals surface area contributed by atoms with E-state index in [0.29, 0.717) is 18.9 Å². The van der Waals surface area contributed by atoms with E-state index in [1.54, 1.807) is 7.05 Å². The Bertz CT molecular complexity index is 463. The summed E-state index contributed by atoms with van der Waals surface area (Å²) < 4.78 is 27.6. The van der Waals surface area contributed by atoms with E-state index < -0.39 is 9.84 Å². The van der Waals surface area contributed by atoms with Crippen LogP contribution in [0.4, 0.5) is 0 Å². The molecule has 0 amide bonds. The molecule has 1 rings (SSSR count). The predicted molar refractivity (Wildman–Crippen MR) is 106 cm³/mol.